The fourth-order valence-electron chi connectivity index (χ4n) is 2.59. The lowest BCUT2D eigenvalue weighted by atomic mass is 9.96. The third-order valence-electron chi connectivity index (χ3n) is 3.97. The third-order valence-corrected chi connectivity index (χ3v) is 5.02. The summed E-state index contributed by atoms with van der Waals surface area (Å²) in [7, 11) is 0. The van der Waals surface area contributed by atoms with E-state index < -0.39 is 0 Å². The van der Waals surface area contributed by atoms with Gasteiger partial charge in [-0.05, 0) is 47.1 Å². The molecule has 0 heterocycles. The summed E-state index contributed by atoms with van der Waals surface area (Å²) in [6.45, 7) is 6.65. The highest BCUT2D eigenvalue weighted by molar-refractivity contribution is 9.09. The Morgan fingerprint density at radius 2 is 1.35 bits per heavy atom. The van der Waals surface area contributed by atoms with Crippen molar-refractivity contribution in [2.45, 2.75) is 44.9 Å². The van der Waals surface area contributed by atoms with E-state index in [0.29, 0.717) is 0 Å². The predicted octanol–water partition coefficient (Wildman–Crippen LogP) is 5.86. The predicted molar refractivity (Wildman–Crippen MR) is 91.8 cm³/mol. The minimum atomic E-state index is 0.282. The average Bonchev–Trinajstić information content (AvgIpc) is 2.53. The molecule has 0 aliphatic carbocycles. The van der Waals surface area contributed by atoms with Gasteiger partial charge in [0.2, 0.25) is 0 Å². The van der Waals surface area contributed by atoms with Crippen LogP contribution in [-0.2, 0) is 19.3 Å². The van der Waals surface area contributed by atoms with E-state index in [-0.39, 0.29) is 4.83 Å². The maximum absolute atomic E-state index is 3.85. The van der Waals surface area contributed by atoms with Crippen LogP contribution in [0.4, 0.5) is 0 Å². The second-order valence-corrected chi connectivity index (χ2v) is 6.11. The second-order valence-electron chi connectivity index (χ2n) is 5.19. The van der Waals surface area contributed by atoms with Crippen LogP contribution in [0.3, 0.4) is 0 Å². The van der Waals surface area contributed by atoms with Crippen molar-refractivity contribution >= 4 is 15.9 Å². The first-order valence-electron chi connectivity index (χ1n) is 7.54. The Labute approximate surface area is 131 Å². The van der Waals surface area contributed by atoms with Crippen molar-refractivity contribution in [3.8, 4) is 0 Å². The maximum Gasteiger partial charge on any atom is 0.0644 e. The van der Waals surface area contributed by atoms with Crippen LogP contribution in [0.5, 0.6) is 0 Å². The third kappa shape index (κ3) is 3.32. The van der Waals surface area contributed by atoms with Crippen molar-refractivity contribution < 1.29 is 0 Å². The van der Waals surface area contributed by atoms with Gasteiger partial charge in [0.15, 0.2) is 0 Å². The smallest absolute Gasteiger partial charge is 0.0644 e. The summed E-state index contributed by atoms with van der Waals surface area (Å²) in [6.07, 6.45) is 3.31. The molecule has 0 saturated carbocycles. The van der Waals surface area contributed by atoms with Crippen LogP contribution in [0, 0.1) is 0 Å². The van der Waals surface area contributed by atoms with Crippen molar-refractivity contribution in [3.05, 3.63) is 70.3 Å². The number of benzene rings is 2. The number of hydrogen-bond acceptors (Lipinski definition) is 0. The normalized spacial score (nSPS) is 12.4. The first kappa shape index (κ1) is 15.3. The van der Waals surface area contributed by atoms with E-state index in [0.717, 1.165) is 19.3 Å². The minimum Gasteiger partial charge on any atom is -0.0786 e. The quantitative estimate of drug-likeness (QED) is 0.602. The molecule has 0 aliphatic heterocycles. The Bertz CT molecular complexity index is 554. The standard InChI is InChI=1S/C19H23Br/c1-4-14-7-9-17(10-8-14)19(20)18-12-11-15(5-2)16(6-3)13-18/h7-13,19H,4-6H2,1-3H3. The van der Waals surface area contributed by atoms with Gasteiger partial charge in [0, 0.05) is 0 Å². The Hall–Kier alpha value is -1.08. The molecule has 1 unspecified atom stereocenters. The molecule has 0 amide bonds. The van der Waals surface area contributed by atoms with E-state index in [9.17, 15) is 0 Å². The Kier molecular flexibility index (Phi) is 5.42. The molecule has 1 atom stereocenters. The molecule has 0 aromatic heterocycles. The van der Waals surface area contributed by atoms with E-state index >= 15 is 0 Å². The zero-order valence-corrected chi connectivity index (χ0v) is 14.2. The van der Waals surface area contributed by atoms with Crippen molar-refractivity contribution in [2.24, 2.45) is 0 Å². The largest absolute Gasteiger partial charge is 0.0786 e. The highest BCUT2D eigenvalue weighted by Gasteiger charge is 2.11. The lowest BCUT2D eigenvalue weighted by molar-refractivity contribution is 1.02. The molecule has 0 N–H and O–H groups in total. The molecule has 0 aliphatic rings. The Morgan fingerprint density at radius 3 is 1.90 bits per heavy atom. The van der Waals surface area contributed by atoms with Crippen LogP contribution < -0.4 is 0 Å². The van der Waals surface area contributed by atoms with Gasteiger partial charge in [0.1, 0.15) is 0 Å². The number of hydrogen-bond donors (Lipinski definition) is 0. The van der Waals surface area contributed by atoms with Crippen molar-refractivity contribution in [1.82, 2.24) is 0 Å². The van der Waals surface area contributed by atoms with Gasteiger partial charge in [-0.3, -0.25) is 0 Å². The van der Waals surface area contributed by atoms with Crippen LogP contribution in [0.1, 0.15) is 53.4 Å². The second kappa shape index (κ2) is 7.08. The molecule has 106 valence electrons. The van der Waals surface area contributed by atoms with Crippen LogP contribution in [0.25, 0.3) is 0 Å². The molecule has 0 spiro atoms. The zero-order valence-electron chi connectivity index (χ0n) is 12.6. The van der Waals surface area contributed by atoms with Crippen LogP contribution in [0.2, 0.25) is 0 Å². The average molecular weight is 331 g/mol. The van der Waals surface area contributed by atoms with Crippen LogP contribution in [-0.4, -0.2) is 0 Å². The number of aryl methyl sites for hydroxylation is 3. The maximum atomic E-state index is 3.85. The first-order valence-corrected chi connectivity index (χ1v) is 8.45. The summed E-state index contributed by atoms with van der Waals surface area (Å²) in [5, 5.41) is 0. The summed E-state index contributed by atoms with van der Waals surface area (Å²) < 4.78 is 0. The van der Waals surface area contributed by atoms with Gasteiger partial charge in [0.25, 0.3) is 0 Å². The Balaban J connectivity index is 2.29. The molecule has 0 radical (unpaired) electrons. The SMILES string of the molecule is CCc1ccc(C(Br)c2ccc(CC)c(CC)c2)cc1. The molecule has 0 fully saturated rings. The molecule has 0 saturated heterocycles. The van der Waals surface area contributed by atoms with Gasteiger partial charge in [-0.2, -0.15) is 0 Å². The van der Waals surface area contributed by atoms with Gasteiger partial charge < -0.3 is 0 Å². The van der Waals surface area contributed by atoms with Gasteiger partial charge >= 0.3 is 0 Å². The lowest BCUT2D eigenvalue weighted by Crippen LogP contribution is -1.98. The highest BCUT2D eigenvalue weighted by atomic mass is 79.9. The topological polar surface area (TPSA) is 0 Å². The molecule has 2 rings (SSSR count). The summed E-state index contributed by atoms with van der Waals surface area (Å²) in [5.41, 5.74) is 7.01. The molecule has 20 heavy (non-hydrogen) atoms. The fraction of sp³-hybridized carbons (Fsp3) is 0.368. The minimum absolute atomic E-state index is 0.282. The molecular weight excluding hydrogens is 308 g/mol. The summed E-state index contributed by atoms with van der Waals surface area (Å²) in [5.74, 6) is 0. The van der Waals surface area contributed by atoms with E-state index in [4.69, 9.17) is 0 Å². The lowest BCUT2D eigenvalue weighted by Gasteiger charge is -2.14. The molecule has 2 aromatic rings. The van der Waals surface area contributed by atoms with E-state index in [1.54, 1.807) is 0 Å². The number of halogens is 1. The van der Waals surface area contributed by atoms with Gasteiger partial charge in [-0.15, -0.1) is 0 Å². The summed E-state index contributed by atoms with van der Waals surface area (Å²) in [6, 6.07) is 15.8. The molecule has 0 nitrogen and oxygen atoms in total. The molecule has 1 heteroatoms. The zero-order chi connectivity index (χ0) is 14.5. The van der Waals surface area contributed by atoms with Gasteiger partial charge in [-0.25, -0.2) is 0 Å². The fourth-order valence-corrected chi connectivity index (χ4v) is 3.18. The van der Waals surface area contributed by atoms with Crippen molar-refractivity contribution in [2.75, 3.05) is 0 Å². The van der Waals surface area contributed by atoms with Crippen LogP contribution in [0.15, 0.2) is 42.5 Å². The Morgan fingerprint density at radius 1 is 0.750 bits per heavy atom. The molecule has 0 bridgehead atoms. The van der Waals surface area contributed by atoms with Gasteiger partial charge in [0.05, 0.1) is 4.83 Å². The van der Waals surface area contributed by atoms with E-state index in [2.05, 4.69) is 79.2 Å². The van der Waals surface area contributed by atoms with Gasteiger partial charge in [-0.1, -0.05) is 79.2 Å². The van der Waals surface area contributed by atoms with Crippen LogP contribution >= 0.6 is 15.9 Å². The van der Waals surface area contributed by atoms with E-state index in [1.165, 1.54) is 27.8 Å². The van der Waals surface area contributed by atoms with Crippen molar-refractivity contribution in [1.29, 1.82) is 0 Å². The highest BCUT2D eigenvalue weighted by Crippen LogP contribution is 2.32. The van der Waals surface area contributed by atoms with E-state index in [1.807, 2.05) is 0 Å². The monoisotopic (exact) mass is 330 g/mol. The molecule has 2 aromatic carbocycles. The molecular formula is C19H23Br. The first-order chi connectivity index (χ1) is 9.69. The van der Waals surface area contributed by atoms with Crippen molar-refractivity contribution in [3.63, 3.8) is 0 Å². The summed E-state index contributed by atoms with van der Waals surface area (Å²) in [4.78, 5) is 0.282. The number of alkyl halides is 1. The number of rotatable bonds is 5. The summed E-state index contributed by atoms with van der Waals surface area (Å²) >= 11 is 3.85.